The molecule has 0 fully saturated rings. The van der Waals surface area contributed by atoms with Gasteiger partial charge in [0.15, 0.2) is 0 Å². The third-order valence-corrected chi connectivity index (χ3v) is 3.38. The lowest BCUT2D eigenvalue weighted by Crippen LogP contribution is -2.09. The van der Waals surface area contributed by atoms with Crippen LogP contribution < -0.4 is 0 Å². The Labute approximate surface area is 105 Å². The zero-order valence-electron chi connectivity index (χ0n) is 9.00. The van der Waals surface area contributed by atoms with Crippen LogP contribution in [0.2, 0.25) is 5.02 Å². The third kappa shape index (κ3) is 3.47. The Morgan fingerprint density at radius 3 is 2.67 bits per heavy atom. The molecule has 0 saturated heterocycles. The molecule has 1 N–H and O–H groups in total. The fraction of sp³-hybridized carbons (Fsp3) is 0.500. The van der Waals surface area contributed by atoms with Crippen LogP contribution in [-0.4, -0.2) is 5.11 Å². The van der Waals surface area contributed by atoms with Crippen molar-refractivity contribution in [2.45, 2.75) is 32.8 Å². The zero-order chi connectivity index (χ0) is 11.4. The van der Waals surface area contributed by atoms with Gasteiger partial charge < -0.3 is 5.11 Å². The lowest BCUT2D eigenvalue weighted by atomic mass is 9.94. The van der Waals surface area contributed by atoms with Gasteiger partial charge in [-0.25, -0.2) is 0 Å². The first kappa shape index (κ1) is 13.0. The van der Waals surface area contributed by atoms with Crippen molar-refractivity contribution in [1.29, 1.82) is 0 Å². The number of hydrogen-bond acceptors (Lipinski definition) is 1. The molecule has 0 aliphatic rings. The van der Waals surface area contributed by atoms with Crippen molar-refractivity contribution in [3.63, 3.8) is 0 Å². The molecule has 0 aromatic heterocycles. The number of benzene rings is 1. The normalized spacial score (nSPS) is 15.0. The van der Waals surface area contributed by atoms with Crippen LogP contribution in [0.4, 0.5) is 0 Å². The first-order valence-corrected chi connectivity index (χ1v) is 6.36. The molecule has 2 unspecified atom stereocenters. The van der Waals surface area contributed by atoms with Gasteiger partial charge in [0.1, 0.15) is 0 Å². The molecule has 1 rings (SSSR count). The van der Waals surface area contributed by atoms with Crippen molar-refractivity contribution >= 4 is 27.5 Å². The maximum absolute atomic E-state index is 10.1. The predicted molar refractivity (Wildman–Crippen MR) is 68.2 cm³/mol. The summed E-state index contributed by atoms with van der Waals surface area (Å²) in [4.78, 5) is 0. The maximum atomic E-state index is 10.1. The average Bonchev–Trinajstić information content (AvgIpc) is 2.17. The van der Waals surface area contributed by atoms with E-state index >= 15 is 0 Å². The van der Waals surface area contributed by atoms with Gasteiger partial charge in [0.2, 0.25) is 0 Å². The third-order valence-electron chi connectivity index (χ3n) is 2.56. The summed E-state index contributed by atoms with van der Waals surface area (Å²) >= 11 is 9.43. The number of halogens is 2. The minimum atomic E-state index is -0.467. The van der Waals surface area contributed by atoms with Gasteiger partial charge >= 0.3 is 0 Å². The first-order chi connectivity index (χ1) is 7.06. The monoisotopic (exact) mass is 290 g/mol. The van der Waals surface area contributed by atoms with E-state index in [9.17, 15) is 5.11 Å². The Hall–Kier alpha value is -0.0500. The summed E-state index contributed by atoms with van der Waals surface area (Å²) < 4.78 is 0.937. The second-order valence-corrected chi connectivity index (χ2v) is 5.20. The van der Waals surface area contributed by atoms with Crippen LogP contribution in [0.3, 0.4) is 0 Å². The molecule has 84 valence electrons. The van der Waals surface area contributed by atoms with Crippen molar-refractivity contribution < 1.29 is 5.11 Å². The molecule has 0 radical (unpaired) electrons. The molecule has 0 aliphatic carbocycles. The van der Waals surface area contributed by atoms with E-state index in [0.29, 0.717) is 5.02 Å². The van der Waals surface area contributed by atoms with Gasteiger partial charge in [0.25, 0.3) is 0 Å². The SMILES string of the molecule is CCCC(C)C(O)c1ccc(Br)cc1Cl. The topological polar surface area (TPSA) is 20.2 Å². The smallest absolute Gasteiger partial charge is 0.0829 e. The largest absolute Gasteiger partial charge is 0.388 e. The quantitative estimate of drug-likeness (QED) is 0.861. The minimum Gasteiger partial charge on any atom is -0.388 e. The second kappa shape index (κ2) is 5.88. The van der Waals surface area contributed by atoms with Crippen LogP contribution in [-0.2, 0) is 0 Å². The van der Waals surface area contributed by atoms with E-state index in [1.807, 2.05) is 25.1 Å². The van der Waals surface area contributed by atoms with Crippen molar-refractivity contribution in [2.75, 3.05) is 0 Å². The van der Waals surface area contributed by atoms with Gasteiger partial charge in [0, 0.05) is 9.50 Å². The molecular weight excluding hydrogens is 275 g/mol. The molecule has 1 aromatic carbocycles. The molecule has 0 heterocycles. The van der Waals surface area contributed by atoms with Crippen LogP contribution in [0, 0.1) is 5.92 Å². The molecule has 0 bridgehead atoms. The predicted octanol–water partition coefficient (Wildman–Crippen LogP) is 4.57. The molecule has 15 heavy (non-hydrogen) atoms. The highest BCUT2D eigenvalue weighted by Gasteiger charge is 2.18. The van der Waals surface area contributed by atoms with Crippen molar-refractivity contribution in [3.05, 3.63) is 33.3 Å². The van der Waals surface area contributed by atoms with Gasteiger partial charge in [-0.1, -0.05) is 53.9 Å². The summed E-state index contributed by atoms with van der Waals surface area (Å²) in [6, 6.07) is 5.60. The second-order valence-electron chi connectivity index (χ2n) is 3.88. The van der Waals surface area contributed by atoms with Crippen LogP contribution in [0.25, 0.3) is 0 Å². The number of rotatable bonds is 4. The fourth-order valence-electron chi connectivity index (χ4n) is 1.66. The van der Waals surface area contributed by atoms with Crippen molar-refractivity contribution in [3.8, 4) is 0 Å². The molecule has 3 heteroatoms. The number of aliphatic hydroxyl groups excluding tert-OH is 1. The highest BCUT2D eigenvalue weighted by Crippen LogP contribution is 2.32. The van der Waals surface area contributed by atoms with Crippen LogP contribution in [0.15, 0.2) is 22.7 Å². The van der Waals surface area contributed by atoms with Crippen LogP contribution in [0.1, 0.15) is 38.4 Å². The maximum Gasteiger partial charge on any atom is 0.0829 e. The summed E-state index contributed by atoms with van der Waals surface area (Å²) in [6.45, 7) is 4.17. The summed E-state index contributed by atoms with van der Waals surface area (Å²) in [5, 5.41) is 10.7. The zero-order valence-corrected chi connectivity index (χ0v) is 11.3. The van der Waals surface area contributed by atoms with Gasteiger partial charge in [-0.2, -0.15) is 0 Å². The Kier molecular flexibility index (Phi) is 5.10. The van der Waals surface area contributed by atoms with Gasteiger partial charge in [-0.15, -0.1) is 0 Å². The summed E-state index contributed by atoms with van der Waals surface area (Å²) in [6.07, 6.45) is 1.62. The van der Waals surface area contributed by atoms with E-state index < -0.39 is 6.10 Å². The summed E-state index contributed by atoms with van der Waals surface area (Å²) in [5.74, 6) is 0.244. The van der Waals surface area contributed by atoms with E-state index in [1.54, 1.807) is 0 Å². The summed E-state index contributed by atoms with van der Waals surface area (Å²) in [5.41, 5.74) is 0.820. The van der Waals surface area contributed by atoms with E-state index in [0.717, 1.165) is 22.9 Å². The lowest BCUT2D eigenvalue weighted by molar-refractivity contribution is 0.112. The molecule has 1 nitrogen and oxygen atoms in total. The molecule has 0 aliphatic heterocycles. The minimum absolute atomic E-state index is 0.244. The van der Waals surface area contributed by atoms with E-state index in [4.69, 9.17) is 11.6 Å². The van der Waals surface area contributed by atoms with Gasteiger partial charge in [-0.3, -0.25) is 0 Å². The molecule has 2 atom stereocenters. The molecular formula is C12H16BrClO. The van der Waals surface area contributed by atoms with Gasteiger partial charge in [-0.05, 0) is 30.0 Å². The van der Waals surface area contributed by atoms with E-state index in [2.05, 4.69) is 22.9 Å². The highest BCUT2D eigenvalue weighted by molar-refractivity contribution is 9.10. The Bertz CT molecular complexity index is 327. The van der Waals surface area contributed by atoms with Crippen LogP contribution >= 0.6 is 27.5 Å². The Morgan fingerprint density at radius 1 is 1.47 bits per heavy atom. The van der Waals surface area contributed by atoms with Gasteiger partial charge in [0.05, 0.1) is 6.10 Å². The standard InChI is InChI=1S/C12H16BrClO/c1-3-4-8(2)12(15)10-6-5-9(13)7-11(10)14/h5-8,12,15H,3-4H2,1-2H3. The van der Waals surface area contributed by atoms with Crippen molar-refractivity contribution in [2.24, 2.45) is 5.92 Å². The van der Waals surface area contributed by atoms with Crippen LogP contribution in [0.5, 0.6) is 0 Å². The summed E-state index contributed by atoms with van der Waals surface area (Å²) in [7, 11) is 0. The molecule has 0 spiro atoms. The van der Waals surface area contributed by atoms with E-state index in [1.165, 1.54) is 0 Å². The first-order valence-electron chi connectivity index (χ1n) is 5.19. The number of aliphatic hydroxyl groups is 1. The Morgan fingerprint density at radius 2 is 2.13 bits per heavy atom. The van der Waals surface area contributed by atoms with Crippen molar-refractivity contribution in [1.82, 2.24) is 0 Å². The highest BCUT2D eigenvalue weighted by atomic mass is 79.9. The molecule has 0 saturated carbocycles. The molecule has 0 amide bonds. The molecule has 1 aromatic rings. The fourth-order valence-corrected chi connectivity index (χ4v) is 2.45. The average molecular weight is 292 g/mol. The lowest BCUT2D eigenvalue weighted by Gasteiger charge is -2.19. The Balaban J connectivity index is 2.86. The number of hydrogen-bond donors (Lipinski definition) is 1. The van der Waals surface area contributed by atoms with E-state index in [-0.39, 0.29) is 5.92 Å².